The Balaban J connectivity index is 1.88. The van der Waals surface area contributed by atoms with Crippen LogP contribution in [0.3, 0.4) is 0 Å². The Hall–Kier alpha value is -1.22. The van der Waals surface area contributed by atoms with E-state index in [-0.39, 0.29) is 0 Å². The molecule has 1 N–H and O–H groups in total. The minimum Gasteiger partial charge on any atom is -0.493 e. The first-order valence-corrected chi connectivity index (χ1v) is 7.31. The summed E-state index contributed by atoms with van der Waals surface area (Å²) in [4.78, 5) is 2.47. The van der Waals surface area contributed by atoms with E-state index in [0.29, 0.717) is 5.92 Å². The van der Waals surface area contributed by atoms with Gasteiger partial charge in [0, 0.05) is 18.8 Å². The molecule has 0 spiro atoms. The molecule has 0 aliphatic carbocycles. The smallest absolute Gasteiger partial charge is 0.119 e. The van der Waals surface area contributed by atoms with Gasteiger partial charge in [-0.05, 0) is 56.1 Å². The van der Waals surface area contributed by atoms with Gasteiger partial charge in [-0.2, -0.15) is 0 Å². The van der Waals surface area contributed by atoms with Crippen LogP contribution in [0.2, 0.25) is 0 Å². The van der Waals surface area contributed by atoms with E-state index in [1.54, 1.807) is 0 Å². The average molecular weight is 262 g/mol. The van der Waals surface area contributed by atoms with Crippen LogP contribution in [0.15, 0.2) is 24.3 Å². The summed E-state index contributed by atoms with van der Waals surface area (Å²) >= 11 is 0. The first-order valence-electron chi connectivity index (χ1n) is 7.31. The molecule has 0 saturated carbocycles. The summed E-state index contributed by atoms with van der Waals surface area (Å²) in [6.45, 7) is 8.56. The number of hydrogen-bond acceptors (Lipinski definition) is 3. The van der Waals surface area contributed by atoms with Gasteiger partial charge in [-0.3, -0.25) is 0 Å². The van der Waals surface area contributed by atoms with Gasteiger partial charge in [-0.25, -0.2) is 0 Å². The zero-order chi connectivity index (χ0) is 13.7. The standard InChI is InChI=1S/C16H26N2O/c1-13(2)12-19-16-6-4-15(5-7-16)18-9-8-14(11-18)10-17-3/h4-7,13-14,17H,8-12H2,1-3H3. The van der Waals surface area contributed by atoms with E-state index < -0.39 is 0 Å². The first kappa shape index (κ1) is 14.2. The monoisotopic (exact) mass is 262 g/mol. The lowest BCUT2D eigenvalue weighted by Crippen LogP contribution is -2.24. The summed E-state index contributed by atoms with van der Waals surface area (Å²) in [6, 6.07) is 8.53. The molecule has 0 amide bonds. The fourth-order valence-corrected chi connectivity index (χ4v) is 2.54. The van der Waals surface area contributed by atoms with Crippen molar-refractivity contribution in [2.75, 3.05) is 38.2 Å². The summed E-state index contributed by atoms with van der Waals surface area (Å²) < 4.78 is 5.72. The van der Waals surface area contributed by atoms with E-state index in [9.17, 15) is 0 Å². The molecule has 3 heteroatoms. The van der Waals surface area contributed by atoms with E-state index in [1.165, 1.54) is 18.7 Å². The largest absolute Gasteiger partial charge is 0.493 e. The van der Waals surface area contributed by atoms with Crippen LogP contribution in [0.25, 0.3) is 0 Å². The zero-order valence-corrected chi connectivity index (χ0v) is 12.4. The molecule has 1 aliphatic heterocycles. The number of hydrogen-bond donors (Lipinski definition) is 1. The molecule has 1 aliphatic rings. The molecule has 1 aromatic carbocycles. The van der Waals surface area contributed by atoms with Gasteiger partial charge in [-0.1, -0.05) is 13.8 Å². The average Bonchev–Trinajstić information content (AvgIpc) is 2.86. The van der Waals surface area contributed by atoms with Crippen LogP contribution in [0, 0.1) is 11.8 Å². The molecule has 1 aromatic rings. The third-order valence-electron chi connectivity index (χ3n) is 3.56. The van der Waals surface area contributed by atoms with E-state index in [2.05, 4.69) is 48.3 Å². The third-order valence-corrected chi connectivity index (χ3v) is 3.56. The maximum atomic E-state index is 5.72. The summed E-state index contributed by atoms with van der Waals surface area (Å²) in [5.74, 6) is 2.32. The Morgan fingerprint density at radius 1 is 1.32 bits per heavy atom. The second kappa shape index (κ2) is 6.80. The summed E-state index contributed by atoms with van der Waals surface area (Å²) in [6.07, 6.45) is 1.28. The van der Waals surface area contributed by atoms with Gasteiger partial charge in [0.15, 0.2) is 0 Å². The lowest BCUT2D eigenvalue weighted by atomic mass is 10.1. The van der Waals surface area contributed by atoms with E-state index >= 15 is 0 Å². The van der Waals surface area contributed by atoms with Crippen LogP contribution in [-0.4, -0.2) is 33.3 Å². The number of rotatable bonds is 6. The predicted octanol–water partition coefficient (Wildman–Crippen LogP) is 2.77. The molecule has 3 nitrogen and oxygen atoms in total. The molecule has 1 saturated heterocycles. The van der Waals surface area contributed by atoms with Gasteiger partial charge in [0.1, 0.15) is 5.75 Å². The number of anilines is 1. The fourth-order valence-electron chi connectivity index (χ4n) is 2.54. The van der Waals surface area contributed by atoms with Crippen LogP contribution >= 0.6 is 0 Å². The van der Waals surface area contributed by atoms with Crippen molar-refractivity contribution in [2.45, 2.75) is 20.3 Å². The van der Waals surface area contributed by atoms with Crippen molar-refractivity contribution in [3.05, 3.63) is 24.3 Å². The summed E-state index contributed by atoms with van der Waals surface area (Å²) in [5, 5.41) is 3.27. The molecular weight excluding hydrogens is 236 g/mol. The van der Waals surface area contributed by atoms with Crippen molar-refractivity contribution in [1.29, 1.82) is 0 Å². The van der Waals surface area contributed by atoms with Gasteiger partial charge >= 0.3 is 0 Å². The highest BCUT2D eigenvalue weighted by Crippen LogP contribution is 2.25. The molecule has 1 heterocycles. The normalized spacial score (nSPS) is 19.2. The zero-order valence-electron chi connectivity index (χ0n) is 12.4. The quantitative estimate of drug-likeness (QED) is 0.853. The van der Waals surface area contributed by atoms with Crippen LogP contribution in [0.4, 0.5) is 5.69 Å². The molecule has 1 unspecified atom stereocenters. The Morgan fingerprint density at radius 3 is 2.68 bits per heavy atom. The molecule has 1 atom stereocenters. The van der Waals surface area contributed by atoms with Gasteiger partial charge in [0.2, 0.25) is 0 Å². The molecule has 0 bridgehead atoms. The van der Waals surface area contributed by atoms with Gasteiger partial charge < -0.3 is 15.0 Å². The second-order valence-corrected chi connectivity index (χ2v) is 5.86. The maximum Gasteiger partial charge on any atom is 0.119 e. The number of ether oxygens (including phenoxy) is 1. The third kappa shape index (κ3) is 4.13. The highest BCUT2D eigenvalue weighted by molar-refractivity contribution is 5.49. The van der Waals surface area contributed by atoms with Crippen molar-refractivity contribution < 1.29 is 4.74 Å². The molecule has 0 radical (unpaired) electrons. The van der Waals surface area contributed by atoms with E-state index in [1.807, 2.05) is 7.05 Å². The highest BCUT2D eigenvalue weighted by atomic mass is 16.5. The molecule has 2 rings (SSSR count). The van der Waals surface area contributed by atoms with Crippen molar-refractivity contribution in [2.24, 2.45) is 11.8 Å². The minimum atomic E-state index is 0.570. The Kier molecular flexibility index (Phi) is 5.08. The van der Waals surface area contributed by atoms with Crippen molar-refractivity contribution in [3.63, 3.8) is 0 Å². The van der Waals surface area contributed by atoms with Crippen molar-refractivity contribution in [1.82, 2.24) is 5.32 Å². The van der Waals surface area contributed by atoms with Crippen LogP contribution in [0.5, 0.6) is 5.75 Å². The number of benzene rings is 1. The molecule has 0 aromatic heterocycles. The molecule has 19 heavy (non-hydrogen) atoms. The minimum absolute atomic E-state index is 0.570. The van der Waals surface area contributed by atoms with E-state index in [4.69, 9.17) is 4.74 Å². The first-order chi connectivity index (χ1) is 9.19. The Labute approximate surface area is 116 Å². The maximum absolute atomic E-state index is 5.72. The summed E-state index contributed by atoms with van der Waals surface area (Å²) in [7, 11) is 2.03. The van der Waals surface area contributed by atoms with Crippen molar-refractivity contribution in [3.8, 4) is 5.75 Å². The Morgan fingerprint density at radius 2 is 2.05 bits per heavy atom. The number of nitrogens with one attached hydrogen (secondary N) is 1. The molecule has 106 valence electrons. The molecule has 1 fully saturated rings. The SMILES string of the molecule is CNCC1CCN(c2ccc(OCC(C)C)cc2)C1. The van der Waals surface area contributed by atoms with Crippen molar-refractivity contribution >= 4 is 5.69 Å². The van der Waals surface area contributed by atoms with Crippen LogP contribution in [-0.2, 0) is 0 Å². The molecular formula is C16H26N2O. The van der Waals surface area contributed by atoms with Gasteiger partial charge in [0.05, 0.1) is 6.61 Å². The highest BCUT2D eigenvalue weighted by Gasteiger charge is 2.21. The van der Waals surface area contributed by atoms with E-state index in [0.717, 1.165) is 31.4 Å². The predicted molar refractivity (Wildman–Crippen MR) is 81.0 cm³/mol. The fraction of sp³-hybridized carbons (Fsp3) is 0.625. The Bertz CT molecular complexity index is 375. The lowest BCUT2D eigenvalue weighted by Gasteiger charge is -2.19. The summed E-state index contributed by atoms with van der Waals surface area (Å²) in [5.41, 5.74) is 1.32. The van der Waals surface area contributed by atoms with Gasteiger partial charge in [-0.15, -0.1) is 0 Å². The number of nitrogens with zero attached hydrogens (tertiary/aromatic N) is 1. The lowest BCUT2D eigenvalue weighted by molar-refractivity contribution is 0.271. The second-order valence-electron chi connectivity index (χ2n) is 5.86. The van der Waals surface area contributed by atoms with Crippen LogP contribution < -0.4 is 15.0 Å². The van der Waals surface area contributed by atoms with Crippen LogP contribution in [0.1, 0.15) is 20.3 Å². The topological polar surface area (TPSA) is 24.5 Å². The van der Waals surface area contributed by atoms with Gasteiger partial charge in [0.25, 0.3) is 0 Å².